The summed E-state index contributed by atoms with van der Waals surface area (Å²) in [6.07, 6.45) is 0.726. The lowest BCUT2D eigenvalue weighted by Crippen LogP contribution is -2.32. The first-order valence-electron chi connectivity index (χ1n) is 11.8. The molecule has 1 saturated heterocycles. The van der Waals surface area contributed by atoms with Crippen molar-refractivity contribution < 1.29 is 19.4 Å². The van der Waals surface area contributed by atoms with Crippen LogP contribution in [0.5, 0.6) is 5.75 Å². The van der Waals surface area contributed by atoms with Gasteiger partial charge in [-0.2, -0.15) is 0 Å². The van der Waals surface area contributed by atoms with E-state index < -0.39 is 17.7 Å². The Kier molecular flexibility index (Phi) is 8.15. The number of carbonyl (C=O) groups is 2. The standard InChI is InChI=1S/C28H36N2O4/c1-18(2)17-34-22-12-13-23(20(4)16-22)26(31)24-25(21-10-8-19(3)9-11-21)30(28(33)27(24)32)15-7-14-29(5)6/h8-13,16,18,25,31H,7,14-15,17H2,1-6H3/t25-/m0/s1. The molecule has 6 heteroatoms. The molecule has 3 rings (SSSR count). The maximum atomic E-state index is 13.2. The molecule has 1 N–H and O–H groups in total. The molecule has 1 heterocycles. The average molecular weight is 465 g/mol. The highest BCUT2D eigenvalue weighted by Crippen LogP contribution is 2.40. The summed E-state index contributed by atoms with van der Waals surface area (Å²) in [6, 6.07) is 12.5. The van der Waals surface area contributed by atoms with Crippen molar-refractivity contribution in [1.29, 1.82) is 0 Å². The van der Waals surface area contributed by atoms with E-state index in [1.165, 1.54) is 0 Å². The van der Waals surface area contributed by atoms with Crippen molar-refractivity contribution in [3.63, 3.8) is 0 Å². The van der Waals surface area contributed by atoms with Crippen molar-refractivity contribution in [2.75, 3.05) is 33.8 Å². The number of hydrogen-bond acceptors (Lipinski definition) is 5. The highest BCUT2D eigenvalue weighted by atomic mass is 16.5. The first-order chi connectivity index (χ1) is 16.1. The zero-order valence-electron chi connectivity index (χ0n) is 21.1. The lowest BCUT2D eigenvalue weighted by Gasteiger charge is -2.26. The molecule has 0 radical (unpaired) electrons. The van der Waals surface area contributed by atoms with E-state index in [2.05, 4.69) is 13.8 Å². The molecule has 0 unspecified atom stereocenters. The van der Waals surface area contributed by atoms with Crippen LogP contribution in [0.25, 0.3) is 5.76 Å². The Morgan fingerprint density at radius 2 is 1.76 bits per heavy atom. The van der Waals surface area contributed by atoms with Gasteiger partial charge < -0.3 is 19.6 Å². The number of aryl methyl sites for hydroxylation is 2. The van der Waals surface area contributed by atoms with Crippen LogP contribution in [0.1, 0.15) is 48.6 Å². The minimum atomic E-state index is -0.646. The van der Waals surface area contributed by atoms with Crippen LogP contribution in [0, 0.1) is 19.8 Å². The summed E-state index contributed by atoms with van der Waals surface area (Å²) in [5.41, 5.74) is 3.34. The fourth-order valence-electron chi connectivity index (χ4n) is 4.16. The number of aliphatic hydroxyl groups excluding tert-OH is 1. The van der Waals surface area contributed by atoms with Crippen LogP contribution in [0.15, 0.2) is 48.0 Å². The van der Waals surface area contributed by atoms with Gasteiger partial charge >= 0.3 is 0 Å². The Morgan fingerprint density at radius 1 is 1.09 bits per heavy atom. The molecule has 0 saturated carbocycles. The highest BCUT2D eigenvalue weighted by molar-refractivity contribution is 6.46. The van der Waals surface area contributed by atoms with Gasteiger partial charge in [0.15, 0.2) is 0 Å². The number of aliphatic hydroxyl groups is 1. The van der Waals surface area contributed by atoms with E-state index in [1.807, 2.05) is 63.2 Å². The van der Waals surface area contributed by atoms with Crippen LogP contribution >= 0.6 is 0 Å². The summed E-state index contributed by atoms with van der Waals surface area (Å²) < 4.78 is 5.80. The van der Waals surface area contributed by atoms with Crippen LogP contribution in [0.3, 0.4) is 0 Å². The Balaban J connectivity index is 2.04. The second-order valence-electron chi connectivity index (χ2n) is 9.74. The molecule has 1 atom stereocenters. The van der Waals surface area contributed by atoms with E-state index >= 15 is 0 Å². The normalized spacial score (nSPS) is 17.8. The van der Waals surface area contributed by atoms with Crippen molar-refractivity contribution in [3.05, 3.63) is 70.3 Å². The van der Waals surface area contributed by atoms with Gasteiger partial charge in [0.2, 0.25) is 0 Å². The molecule has 0 bridgehead atoms. The molecule has 182 valence electrons. The van der Waals surface area contributed by atoms with E-state index in [1.54, 1.807) is 17.0 Å². The Bertz CT molecular complexity index is 1070. The maximum Gasteiger partial charge on any atom is 0.295 e. The predicted octanol–water partition coefficient (Wildman–Crippen LogP) is 4.71. The third kappa shape index (κ3) is 5.68. The lowest BCUT2D eigenvalue weighted by molar-refractivity contribution is -0.139. The molecule has 1 aliphatic rings. The monoisotopic (exact) mass is 464 g/mol. The molecule has 0 spiro atoms. The predicted molar refractivity (Wildman–Crippen MR) is 135 cm³/mol. The lowest BCUT2D eigenvalue weighted by atomic mass is 9.93. The number of ether oxygens (including phenoxy) is 1. The van der Waals surface area contributed by atoms with Gasteiger partial charge in [-0.1, -0.05) is 43.7 Å². The van der Waals surface area contributed by atoms with Gasteiger partial charge in [0, 0.05) is 12.1 Å². The van der Waals surface area contributed by atoms with Gasteiger partial charge in [0.25, 0.3) is 11.7 Å². The summed E-state index contributed by atoms with van der Waals surface area (Å²) in [5.74, 6) is -0.256. The second kappa shape index (κ2) is 10.9. The van der Waals surface area contributed by atoms with Crippen molar-refractivity contribution >= 4 is 17.4 Å². The van der Waals surface area contributed by atoms with Gasteiger partial charge in [-0.25, -0.2) is 0 Å². The van der Waals surface area contributed by atoms with Crippen molar-refractivity contribution in [2.24, 2.45) is 5.92 Å². The van der Waals surface area contributed by atoms with Crippen LogP contribution in [0.2, 0.25) is 0 Å². The fourth-order valence-corrected chi connectivity index (χ4v) is 4.16. The van der Waals surface area contributed by atoms with Crippen LogP contribution < -0.4 is 4.74 Å². The first kappa shape index (κ1) is 25.5. The van der Waals surface area contributed by atoms with Crippen LogP contribution in [0.4, 0.5) is 0 Å². The zero-order valence-corrected chi connectivity index (χ0v) is 21.1. The quantitative estimate of drug-likeness (QED) is 0.331. The SMILES string of the molecule is Cc1ccc([C@H]2C(=C(O)c3ccc(OCC(C)C)cc3C)C(=O)C(=O)N2CCCN(C)C)cc1. The minimum absolute atomic E-state index is 0.137. The summed E-state index contributed by atoms with van der Waals surface area (Å²) in [6.45, 7) is 9.83. The van der Waals surface area contributed by atoms with Crippen LogP contribution in [-0.4, -0.2) is 60.4 Å². The largest absolute Gasteiger partial charge is 0.507 e. The molecular weight excluding hydrogens is 428 g/mol. The van der Waals surface area contributed by atoms with Gasteiger partial charge in [-0.05, 0) is 76.2 Å². The number of benzene rings is 2. The molecule has 2 aromatic rings. The number of rotatable bonds is 9. The number of ketones is 1. The number of nitrogens with zero attached hydrogens (tertiary/aromatic N) is 2. The molecule has 1 fully saturated rings. The van der Waals surface area contributed by atoms with Crippen molar-refractivity contribution in [1.82, 2.24) is 9.80 Å². The molecule has 0 aromatic heterocycles. The molecule has 1 amide bonds. The average Bonchev–Trinajstić information content (AvgIpc) is 3.02. The van der Waals surface area contributed by atoms with E-state index in [-0.39, 0.29) is 11.3 Å². The smallest absolute Gasteiger partial charge is 0.295 e. The van der Waals surface area contributed by atoms with E-state index in [0.29, 0.717) is 30.4 Å². The molecule has 1 aliphatic heterocycles. The maximum absolute atomic E-state index is 13.2. The van der Waals surface area contributed by atoms with E-state index in [4.69, 9.17) is 4.74 Å². The Labute approximate surface area is 202 Å². The molecule has 34 heavy (non-hydrogen) atoms. The number of carbonyl (C=O) groups excluding carboxylic acids is 2. The van der Waals surface area contributed by atoms with Gasteiger partial charge in [0.1, 0.15) is 11.5 Å². The number of Topliss-reactive ketones (excluding diaryl/α,β-unsaturated/α-hetero) is 1. The summed E-state index contributed by atoms with van der Waals surface area (Å²) in [4.78, 5) is 29.9. The van der Waals surface area contributed by atoms with Crippen molar-refractivity contribution in [3.8, 4) is 5.75 Å². The number of hydrogen-bond donors (Lipinski definition) is 1. The summed E-state index contributed by atoms with van der Waals surface area (Å²) in [7, 11) is 3.95. The third-order valence-corrected chi connectivity index (χ3v) is 5.97. The van der Waals surface area contributed by atoms with Crippen LogP contribution in [-0.2, 0) is 9.59 Å². The summed E-state index contributed by atoms with van der Waals surface area (Å²) >= 11 is 0. The summed E-state index contributed by atoms with van der Waals surface area (Å²) in [5, 5.41) is 11.3. The highest BCUT2D eigenvalue weighted by Gasteiger charge is 2.45. The van der Waals surface area contributed by atoms with Gasteiger partial charge in [-0.15, -0.1) is 0 Å². The first-order valence-corrected chi connectivity index (χ1v) is 11.8. The minimum Gasteiger partial charge on any atom is -0.507 e. The fraction of sp³-hybridized carbons (Fsp3) is 0.429. The van der Waals surface area contributed by atoms with E-state index in [9.17, 15) is 14.7 Å². The zero-order chi connectivity index (χ0) is 25.0. The molecule has 2 aromatic carbocycles. The van der Waals surface area contributed by atoms with Gasteiger partial charge in [-0.3, -0.25) is 9.59 Å². The van der Waals surface area contributed by atoms with Gasteiger partial charge in [0.05, 0.1) is 18.2 Å². The van der Waals surface area contributed by atoms with Crippen molar-refractivity contribution in [2.45, 2.75) is 40.2 Å². The Hall–Kier alpha value is -3.12. The number of amides is 1. The number of likely N-dealkylation sites (tertiary alicyclic amines) is 1. The molecular formula is C28H36N2O4. The Morgan fingerprint density at radius 3 is 2.35 bits per heavy atom. The third-order valence-electron chi connectivity index (χ3n) is 5.97. The molecule has 6 nitrogen and oxygen atoms in total. The second-order valence-corrected chi connectivity index (χ2v) is 9.74. The molecule has 0 aliphatic carbocycles. The van der Waals surface area contributed by atoms with E-state index in [0.717, 1.165) is 29.7 Å². The topological polar surface area (TPSA) is 70.1 Å².